The molecule has 1 aliphatic heterocycles. The first kappa shape index (κ1) is 13.0. The van der Waals surface area contributed by atoms with E-state index in [0.29, 0.717) is 25.9 Å². The lowest BCUT2D eigenvalue weighted by Crippen LogP contribution is -2.47. The van der Waals surface area contributed by atoms with Crippen LogP contribution >= 0.6 is 0 Å². The third-order valence-corrected chi connectivity index (χ3v) is 5.40. The predicted octanol–water partition coefficient (Wildman–Crippen LogP) is 0.136. The Morgan fingerprint density at radius 3 is 2.61 bits per heavy atom. The molecule has 0 aromatic carbocycles. The molecule has 1 saturated heterocycles. The molecule has 8 heteroatoms. The molecular weight excluding hydrogens is 254 g/mol. The van der Waals surface area contributed by atoms with Gasteiger partial charge >= 0.3 is 0 Å². The van der Waals surface area contributed by atoms with E-state index in [0.717, 1.165) is 0 Å². The fourth-order valence-corrected chi connectivity index (χ4v) is 3.36. The van der Waals surface area contributed by atoms with Crippen LogP contribution in [0.25, 0.3) is 0 Å². The number of amidine groups is 1. The molecule has 1 aromatic heterocycles. The van der Waals surface area contributed by atoms with Crippen LogP contribution in [0, 0.1) is 10.8 Å². The van der Waals surface area contributed by atoms with Crippen LogP contribution in [-0.2, 0) is 10.0 Å². The summed E-state index contributed by atoms with van der Waals surface area (Å²) in [5.41, 5.74) is 5.16. The zero-order chi connectivity index (χ0) is 13.4. The second-order valence-electron chi connectivity index (χ2n) is 4.80. The predicted molar refractivity (Wildman–Crippen MR) is 66.6 cm³/mol. The second-order valence-corrected chi connectivity index (χ2v) is 6.71. The molecule has 4 N–H and O–H groups in total. The molecule has 0 bridgehead atoms. The Balaban J connectivity index is 2.14. The fraction of sp³-hybridized carbons (Fsp3) is 0.600. The van der Waals surface area contributed by atoms with Crippen molar-refractivity contribution < 1.29 is 8.42 Å². The van der Waals surface area contributed by atoms with E-state index in [1.165, 1.54) is 16.6 Å². The van der Waals surface area contributed by atoms with E-state index in [-0.39, 0.29) is 16.3 Å². The van der Waals surface area contributed by atoms with Crippen molar-refractivity contribution in [3.05, 3.63) is 12.3 Å². The normalized spacial score (nSPS) is 20.7. The minimum Gasteiger partial charge on any atom is -0.387 e. The Hall–Kier alpha value is -1.41. The van der Waals surface area contributed by atoms with Crippen molar-refractivity contribution in [2.75, 3.05) is 13.1 Å². The van der Waals surface area contributed by atoms with Gasteiger partial charge in [-0.3, -0.25) is 10.5 Å². The maximum absolute atomic E-state index is 12.2. The monoisotopic (exact) mass is 271 g/mol. The van der Waals surface area contributed by atoms with Crippen LogP contribution in [0.5, 0.6) is 0 Å². The molecule has 7 nitrogen and oxygen atoms in total. The first-order chi connectivity index (χ1) is 8.36. The van der Waals surface area contributed by atoms with Crippen LogP contribution in [0.3, 0.4) is 0 Å². The first-order valence-corrected chi connectivity index (χ1v) is 7.14. The number of piperidine rings is 1. The summed E-state index contributed by atoms with van der Waals surface area (Å²) < 4.78 is 25.8. The quantitative estimate of drug-likeness (QED) is 0.535. The van der Waals surface area contributed by atoms with Crippen LogP contribution in [0.15, 0.2) is 17.3 Å². The third kappa shape index (κ3) is 2.13. The highest BCUT2D eigenvalue weighted by Crippen LogP contribution is 2.32. The molecule has 0 atom stereocenters. The van der Waals surface area contributed by atoms with E-state index in [4.69, 9.17) is 11.1 Å². The molecule has 1 fully saturated rings. The lowest BCUT2D eigenvalue weighted by atomic mass is 9.80. The number of nitrogens with zero attached hydrogens (tertiary/aromatic N) is 2. The van der Waals surface area contributed by atoms with Crippen molar-refractivity contribution in [2.45, 2.75) is 24.8 Å². The van der Waals surface area contributed by atoms with Crippen LogP contribution < -0.4 is 5.73 Å². The molecule has 2 rings (SSSR count). The van der Waals surface area contributed by atoms with E-state index in [9.17, 15) is 8.42 Å². The Morgan fingerprint density at radius 2 is 2.17 bits per heavy atom. The summed E-state index contributed by atoms with van der Waals surface area (Å²) in [6.07, 6.45) is 2.54. The van der Waals surface area contributed by atoms with E-state index < -0.39 is 10.0 Å². The zero-order valence-corrected chi connectivity index (χ0v) is 11.0. The highest BCUT2D eigenvalue weighted by Gasteiger charge is 2.37. The van der Waals surface area contributed by atoms with Crippen LogP contribution in [0.1, 0.15) is 19.8 Å². The maximum atomic E-state index is 12.2. The molecule has 0 aliphatic carbocycles. The summed E-state index contributed by atoms with van der Waals surface area (Å²) >= 11 is 0. The van der Waals surface area contributed by atoms with Gasteiger partial charge in [-0.2, -0.15) is 9.40 Å². The van der Waals surface area contributed by atoms with E-state index in [1.807, 2.05) is 6.92 Å². The molecule has 0 unspecified atom stereocenters. The first-order valence-electron chi connectivity index (χ1n) is 5.70. The molecule has 1 aliphatic rings. The number of aromatic nitrogens is 2. The number of hydrogen-bond donors (Lipinski definition) is 3. The highest BCUT2D eigenvalue weighted by molar-refractivity contribution is 7.89. The van der Waals surface area contributed by atoms with E-state index in [2.05, 4.69) is 10.2 Å². The van der Waals surface area contributed by atoms with Crippen molar-refractivity contribution in [1.82, 2.24) is 14.5 Å². The number of rotatable bonds is 3. The molecule has 0 amide bonds. The molecular formula is C10H17N5O2S. The standard InChI is InChI=1S/C10H17N5O2S/c1-10(9(11)12)3-6-15(7-4-10)18(16,17)8-2-5-13-14-8/h2,5H,3-4,6-7H2,1H3,(H3,11,12)(H,13,14). The van der Waals surface area contributed by atoms with Crippen molar-refractivity contribution in [3.8, 4) is 0 Å². The molecule has 0 saturated carbocycles. The maximum Gasteiger partial charge on any atom is 0.259 e. The lowest BCUT2D eigenvalue weighted by Gasteiger charge is -2.37. The average molecular weight is 271 g/mol. The van der Waals surface area contributed by atoms with Crippen molar-refractivity contribution in [1.29, 1.82) is 5.41 Å². The van der Waals surface area contributed by atoms with Gasteiger partial charge in [-0.25, -0.2) is 8.42 Å². The number of H-pyrrole nitrogens is 1. The Morgan fingerprint density at radius 1 is 1.56 bits per heavy atom. The average Bonchev–Trinajstić information content (AvgIpc) is 2.83. The van der Waals surface area contributed by atoms with E-state index >= 15 is 0 Å². The number of nitrogens with one attached hydrogen (secondary N) is 2. The topological polar surface area (TPSA) is 116 Å². The Bertz CT molecular complexity index is 529. The Labute approximate surface area is 106 Å². The fourth-order valence-electron chi connectivity index (χ4n) is 2.02. The number of hydrogen-bond acceptors (Lipinski definition) is 4. The minimum absolute atomic E-state index is 0.105. The summed E-state index contributed by atoms with van der Waals surface area (Å²) in [4.78, 5) is 0. The van der Waals surface area contributed by atoms with Gasteiger partial charge in [0.2, 0.25) is 0 Å². The number of nitrogens with two attached hydrogens (primary N) is 1. The SMILES string of the molecule is CC1(C(=N)N)CCN(S(=O)(=O)c2ccn[nH]2)CC1. The van der Waals surface area contributed by atoms with Crippen molar-refractivity contribution in [2.24, 2.45) is 11.1 Å². The van der Waals surface area contributed by atoms with Gasteiger partial charge < -0.3 is 5.73 Å². The van der Waals surface area contributed by atoms with Crippen LogP contribution in [-0.4, -0.2) is 41.8 Å². The zero-order valence-electron chi connectivity index (χ0n) is 10.2. The van der Waals surface area contributed by atoms with E-state index in [1.54, 1.807) is 0 Å². The van der Waals surface area contributed by atoms with Gasteiger partial charge in [-0.05, 0) is 18.9 Å². The molecule has 1 aromatic rings. The minimum atomic E-state index is -3.49. The van der Waals surface area contributed by atoms with Crippen LogP contribution in [0.2, 0.25) is 0 Å². The summed E-state index contributed by atoms with van der Waals surface area (Å²) in [7, 11) is -3.49. The molecule has 0 spiro atoms. The number of aromatic amines is 1. The molecule has 2 heterocycles. The second kappa shape index (κ2) is 4.36. The van der Waals surface area contributed by atoms with Crippen LogP contribution in [0.4, 0.5) is 0 Å². The van der Waals surface area contributed by atoms with Gasteiger partial charge in [0, 0.05) is 18.5 Å². The van der Waals surface area contributed by atoms with Gasteiger partial charge in [0.1, 0.15) is 0 Å². The number of sulfonamides is 1. The summed E-state index contributed by atoms with van der Waals surface area (Å²) in [5.74, 6) is 0.126. The van der Waals surface area contributed by atoms with Crippen molar-refractivity contribution >= 4 is 15.9 Å². The summed E-state index contributed by atoms with van der Waals surface area (Å²) in [5, 5.41) is 13.8. The van der Waals surface area contributed by atoms with Crippen molar-refractivity contribution in [3.63, 3.8) is 0 Å². The van der Waals surface area contributed by atoms with Gasteiger partial charge in [-0.15, -0.1) is 0 Å². The highest BCUT2D eigenvalue weighted by atomic mass is 32.2. The largest absolute Gasteiger partial charge is 0.387 e. The molecule has 18 heavy (non-hydrogen) atoms. The summed E-state index contributed by atoms with van der Waals surface area (Å²) in [6.45, 7) is 2.64. The Kier molecular flexibility index (Phi) is 3.16. The molecule has 100 valence electrons. The van der Waals surface area contributed by atoms with Gasteiger partial charge in [-0.1, -0.05) is 6.92 Å². The van der Waals surface area contributed by atoms with Gasteiger partial charge in [0.05, 0.1) is 12.0 Å². The van der Waals surface area contributed by atoms with Gasteiger partial charge in [0.25, 0.3) is 10.0 Å². The third-order valence-electron chi connectivity index (χ3n) is 3.57. The summed E-state index contributed by atoms with van der Waals surface area (Å²) in [6, 6.07) is 1.44. The molecule has 0 radical (unpaired) electrons. The smallest absolute Gasteiger partial charge is 0.259 e. The van der Waals surface area contributed by atoms with Gasteiger partial charge in [0.15, 0.2) is 5.03 Å². The lowest BCUT2D eigenvalue weighted by molar-refractivity contribution is 0.240.